The zero-order valence-corrected chi connectivity index (χ0v) is 16.8. The topological polar surface area (TPSA) is 35.3 Å². The molecule has 0 radical (unpaired) electrons. The Morgan fingerprint density at radius 3 is 2.45 bits per heavy atom. The maximum atomic E-state index is 5.86. The van der Waals surface area contributed by atoms with E-state index in [0.29, 0.717) is 11.8 Å². The van der Waals surface area contributed by atoms with E-state index < -0.39 is 0 Å². The van der Waals surface area contributed by atoms with Crippen molar-refractivity contribution in [3.63, 3.8) is 0 Å². The Morgan fingerprint density at radius 2 is 1.69 bits per heavy atom. The number of hydrogen-bond donors (Lipinski definition) is 0. The monoisotopic (exact) mass is 383 g/mol. The van der Waals surface area contributed by atoms with Crippen LogP contribution in [0.2, 0.25) is 0 Å². The van der Waals surface area contributed by atoms with Crippen molar-refractivity contribution >= 4 is 23.3 Å². The van der Waals surface area contributed by atoms with Crippen molar-refractivity contribution in [1.82, 2.24) is 4.98 Å². The molecule has 0 unspecified atom stereocenters. The van der Waals surface area contributed by atoms with Gasteiger partial charge in [0.05, 0.1) is 6.61 Å². The van der Waals surface area contributed by atoms with Crippen molar-refractivity contribution in [2.75, 3.05) is 6.61 Å². The Labute approximate surface area is 171 Å². The maximum absolute atomic E-state index is 5.86. The number of hydrogen-bond acceptors (Lipinski definition) is 3. The average molecular weight is 383 g/mol. The van der Waals surface area contributed by atoms with Gasteiger partial charge in [0, 0.05) is 6.08 Å². The molecule has 3 aromatic carbocycles. The number of oxazole rings is 1. The van der Waals surface area contributed by atoms with Crippen molar-refractivity contribution < 1.29 is 9.15 Å². The van der Waals surface area contributed by atoms with E-state index in [2.05, 4.69) is 43.1 Å². The first-order valence-electron chi connectivity index (χ1n) is 10.0. The van der Waals surface area contributed by atoms with Gasteiger partial charge in [-0.25, -0.2) is 4.98 Å². The van der Waals surface area contributed by atoms with Gasteiger partial charge in [-0.15, -0.1) is 0 Å². The summed E-state index contributed by atoms with van der Waals surface area (Å²) in [6.07, 6.45) is 4.96. The molecule has 0 bridgehead atoms. The van der Waals surface area contributed by atoms with Gasteiger partial charge < -0.3 is 9.15 Å². The molecule has 3 heteroatoms. The van der Waals surface area contributed by atoms with E-state index in [4.69, 9.17) is 9.15 Å². The average Bonchev–Trinajstić information content (AvgIpc) is 3.16. The van der Waals surface area contributed by atoms with Gasteiger partial charge in [0.25, 0.3) is 0 Å². The number of ether oxygens (including phenoxy) is 1. The number of fused-ring (bicyclic) bond motifs is 1. The molecule has 0 saturated heterocycles. The lowest BCUT2D eigenvalue weighted by Gasteiger charge is -2.07. The second-order valence-electron chi connectivity index (χ2n) is 7.53. The second kappa shape index (κ2) is 8.78. The fourth-order valence-electron chi connectivity index (χ4n) is 3.08. The molecule has 0 aliphatic heterocycles. The third kappa shape index (κ3) is 4.94. The van der Waals surface area contributed by atoms with Gasteiger partial charge in [-0.3, -0.25) is 0 Å². The van der Waals surface area contributed by atoms with Crippen LogP contribution in [-0.2, 0) is 0 Å². The molecule has 0 saturated carbocycles. The van der Waals surface area contributed by atoms with E-state index in [1.54, 1.807) is 0 Å². The largest absolute Gasteiger partial charge is 0.494 e. The summed E-state index contributed by atoms with van der Waals surface area (Å²) < 4.78 is 11.6. The maximum Gasteiger partial charge on any atom is 0.220 e. The van der Waals surface area contributed by atoms with Crippen molar-refractivity contribution in [3.8, 4) is 16.9 Å². The Morgan fingerprint density at radius 1 is 0.897 bits per heavy atom. The molecule has 29 heavy (non-hydrogen) atoms. The zero-order chi connectivity index (χ0) is 20.1. The highest BCUT2D eigenvalue weighted by molar-refractivity contribution is 5.82. The summed E-state index contributed by atoms with van der Waals surface area (Å²) in [7, 11) is 0. The predicted octanol–water partition coefficient (Wildman–Crippen LogP) is 7.09. The Bertz CT molecular complexity index is 1090. The fourth-order valence-corrected chi connectivity index (χ4v) is 3.08. The predicted molar refractivity (Wildman–Crippen MR) is 120 cm³/mol. The van der Waals surface area contributed by atoms with Gasteiger partial charge in [0.2, 0.25) is 5.89 Å². The molecule has 3 nitrogen and oxygen atoms in total. The van der Waals surface area contributed by atoms with Crippen LogP contribution < -0.4 is 4.74 Å². The molecule has 4 rings (SSSR count). The fraction of sp³-hybridized carbons (Fsp3) is 0.192. The Kier molecular flexibility index (Phi) is 5.76. The van der Waals surface area contributed by atoms with Crippen molar-refractivity contribution in [1.29, 1.82) is 0 Å². The molecule has 0 N–H and O–H groups in total. The zero-order valence-electron chi connectivity index (χ0n) is 16.8. The summed E-state index contributed by atoms with van der Waals surface area (Å²) in [4.78, 5) is 4.61. The van der Waals surface area contributed by atoms with E-state index in [1.165, 1.54) is 5.56 Å². The minimum Gasteiger partial charge on any atom is -0.494 e. The quantitative estimate of drug-likeness (QED) is 0.342. The molecule has 146 valence electrons. The van der Waals surface area contributed by atoms with Crippen LogP contribution in [0.25, 0.3) is 34.4 Å². The normalized spacial score (nSPS) is 11.6. The van der Waals surface area contributed by atoms with E-state index in [-0.39, 0.29) is 0 Å². The Balaban J connectivity index is 1.45. The van der Waals surface area contributed by atoms with Crippen LogP contribution in [0.1, 0.15) is 31.7 Å². The number of rotatable bonds is 7. The van der Waals surface area contributed by atoms with E-state index in [0.717, 1.165) is 41.0 Å². The van der Waals surface area contributed by atoms with Crippen LogP contribution in [0, 0.1) is 5.92 Å². The highest BCUT2D eigenvalue weighted by Crippen LogP contribution is 2.25. The molecule has 0 aliphatic carbocycles. The molecular formula is C26H25NO2. The summed E-state index contributed by atoms with van der Waals surface area (Å²) in [5, 5.41) is 0. The summed E-state index contributed by atoms with van der Waals surface area (Å²) in [6.45, 7) is 5.15. The lowest BCUT2D eigenvalue weighted by atomic mass is 10.1. The number of nitrogens with zero attached hydrogens (tertiary/aromatic N) is 1. The number of aromatic nitrogens is 1. The smallest absolute Gasteiger partial charge is 0.220 e. The van der Waals surface area contributed by atoms with Crippen molar-refractivity contribution in [2.45, 2.75) is 20.3 Å². The lowest BCUT2D eigenvalue weighted by molar-refractivity contribution is 0.289. The SMILES string of the molecule is CC(C)CCOc1ccc(C=Cc2nc3cc(-c4ccccc4)ccc3o2)cc1. The minimum absolute atomic E-state index is 0.600. The highest BCUT2D eigenvalue weighted by Gasteiger charge is 2.06. The third-order valence-electron chi connectivity index (χ3n) is 4.77. The number of benzene rings is 3. The van der Waals surface area contributed by atoms with Crippen LogP contribution in [-0.4, -0.2) is 11.6 Å². The summed E-state index contributed by atoms with van der Waals surface area (Å²) in [6, 6.07) is 24.5. The highest BCUT2D eigenvalue weighted by atomic mass is 16.5. The third-order valence-corrected chi connectivity index (χ3v) is 4.77. The van der Waals surface area contributed by atoms with Crippen LogP contribution in [0.3, 0.4) is 0 Å². The van der Waals surface area contributed by atoms with Crippen LogP contribution in [0.15, 0.2) is 77.2 Å². The van der Waals surface area contributed by atoms with Gasteiger partial charge in [0.1, 0.15) is 11.3 Å². The first-order chi connectivity index (χ1) is 14.2. The van der Waals surface area contributed by atoms with Crippen LogP contribution in [0.5, 0.6) is 5.75 Å². The molecule has 1 heterocycles. The summed E-state index contributed by atoms with van der Waals surface area (Å²) in [5.41, 5.74) is 5.03. The standard InChI is InChI=1S/C26H25NO2/c1-19(2)16-17-28-23-12-8-20(9-13-23)10-15-26-27-24-18-22(11-14-25(24)29-26)21-6-4-3-5-7-21/h3-15,18-19H,16-17H2,1-2H3. The molecule has 1 aromatic heterocycles. The van der Waals surface area contributed by atoms with Crippen molar-refractivity contribution in [3.05, 3.63) is 84.3 Å². The molecule has 0 atom stereocenters. The molecule has 0 aliphatic rings. The first kappa shape index (κ1) is 19.0. The van der Waals surface area contributed by atoms with E-state index >= 15 is 0 Å². The molecule has 0 amide bonds. The Hall–Kier alpha value is -3.33. The van der Waals surface area contributed by atoms with Gasteiger partial charge >= 0.3 is 0 Å². The second-order valence-corrected chi connectivity index (χ2v) is 7.53. The van der Waals surface area contributed by atoms with Gasteiger partial charge in [-0.05, 0) is 59.4 Å². The minimum atomic E-state index is 0.600. The first-order valence-corrected chi connectivity index (χ1v) is 10.0. The summed E-state index contributed by atoms with van der Waals surface area (Å²) >= 11 is 0. The molecular weight excluding hydrogens is 358 g/mol. The summed E-state index contributed by atoms with van der Waals surface area (Å²) in [5.74, 6) is 2.15. The van der Waals surface area contributed by atoms with Gasteiger partial charge in [0.15, 0.2) is 5.58 Å². The van der Waals surface area contributed by atoms with Crippen LogP contribution >= 0.6 is 0 Å². The van der Waals surface area contributed by atoms with E-state index in [1.807, 2.05) is 60.7 Å². The lowest BCUT2D eigenvalue weighted by Crippen LogP contribution is -2.01. The van der Waals surface area contributed by atoms with Crippen LogP contribution in [0.4, 0.5) is 0 Å². The molecule has 0 fully saturated rings. The van der Waals surface area contributed by atoms with Gasteiger partial charge in [-0.1, -0.05) is 62.4 Å². The molecule has 0 spiro atoms. The van der Waals surface area contributed by atoms with Crippen molar-refractivity contribution in [2.24, 2.45) is 5.92 Å². The van der Waals surface area contributed by atoms with Gasteiger partial charge in [-0.2, -0.15) is 0 Å². The van der Waals surface area contributed by atoms with E-state index in [9.17, 15) is 0 Å². The molecule has 4 aromatic rings.